The van der Waals surface area contributed by atoms with Crippen molar-refractivity contribution in [1.82, 2.24) is 9.97 Å². The second-order valence-electron chi connectivity index (χ2n) is 5.94. The summed E-state index contributed by atoms with van der Waals surface area (Å²) in [5, 5.41) is 0. The van der Waals surface area contributed by atoms with Crippen LogP contribution in [0.15, 0.2) is 12.3 Å². The molecular formula is C15H24N4O. The third-order valence-corrected chi connectivity index (χ3v) is 4.63. The van der Waals surface area contributed by atoms with Gasteiger partial charge in [0.1, 0.15) is 0 Å². The Morgan fingerprint density at radius 3 is 2.85 bits per heavy atom. The minimum absolute atomic E-state index is 0.0717. The Morgan fingerprint density at radius 2 is 2.10 bits per heavy atom. The van der Waals surface area contributed by atoms with Crippen molar-refractivity contribution in [2.75, 3.05) is 25.1 Å². The fourth-order valence-electron chi connectivity index (χ4n) is 3.33. The molecule has 2 atom stereocenters. The number of nitrogens with zero attached hydrogens (tertiary/aromatic N) is 3. The van der Waals surface area contributed by atoms with Gasteiger partial charge in [0, 0.05) is 44.0 Å². The highest BCUT2D eigenvalue weighted by Gasteiger charge is 2.28. The van der Waals surface area contributed by atoms with Gasteiger partial charge in [-0.1, -0.05) is 12.8 Å². The van der Waals surface area contributed by atoms with Crippen LogP contribution in [-0.2, 0) is 4.74 Å². The summed E-state index contributed by atoms with van der Waals surface area (Å²) in [4.78, 5) is 11.4. The molecule has 0 bridgehead atoms. The van der Waals surface area contributed by atoms with Crippen LogP contribution in [0.5, 0.6) is 0 Å². The smallest absolute Gasteiger partial charge is 0.225 e. The van der Waals surface area contributed by atoms with E-state index in [4.69, 9.17) is 15.5 Å². The molecule has 0 amide bonds. The van der Waals surface area contributed by atoms with Crippen LogP contribution in [0, 0.1) is 0 Å². The van der Waals surface area contributed by atoms with E-state index in [0.29, 0.717) is 5.92 Å². The summed E-state index contributed by atoms with van der Waals surface area (Å²) < 4.78 is 5.46. The predicted molar refractivity (Wildman–Crippen MR) is 78.8 cm³/mol. The van der Waals surface area contributed by atoms with Crippen molar-refractivity contribution >= 4 is 5.95 Å². The molecule has 20 heavy (non-hydrogen) atoms. The van der Waals surface area contributed by atoms with Crippen LogP contribution in [-0.4, -0.2) is 42.3 Å². The first kappa shape index (κ1) is 13.8. The summed E-state index contributed by atoms with van der Waals surface area (Å²) in [5.41, 5.74) is 7.27. The molecule has 5 heteroatoms. The third kappa shape index (κ3) is 2.79. The minimum Gasteiger partial charge on any atom is -0.378 e. The van der Waals surface area contributed by atoms with Gasteiger partial charge in [0.15, 0.2) is 0 Å². The molecule has 0 spiro atoms. The van der Waals surface area contributed by atoms with Gasteiger partial charge in [-0.3, -0.25) is 0 Å². The maximum atomic E-state index is 6.07. The average Bonchev–Trinajstić information content (AvgIpc) is 3.02. The van der Waals surface area contributed by atoms with Crippen molar-refractivity contribution in [2.45, 2.75) is 50.2 Å². The van der Waals surface area contributed by atoms with Crippen LogP contribution in [0.25, 0.3) is 0 Å². The van der Waals surface area contributed by atoms with Crippen molar-refractivity contribution < 1.29 is 4.74 Å². The van der Waals surface area contributed by atoms with Gasteiger partial charge in [0.25, 0.3) is 0 Å². The molecule has 1 aliphatic heterocycles. The Kier molecular flexibility index (Phi) is 4.17. The SMILES string of the molecule is CO[C@H]1CN(c2nccc(C3CCCC3)n2)CC[C@H]1N. The molecule has 1 aromatic heterocycles. The lowest BCUT2D eigenvalue weighted by Gasteiger charge is -2.36. The number of methoxy groups -OCH3 is 1. The van der Waals surface area contributed by atoms with E-state index in [1.807, 2.05) is 6.20 Å². The van der Waals surface area contributed by atoms with E-state index in [2.05, 4.69) is 16.0 Å². The predicted octanol–water partition coefficient (Wildman–Crippen LogP) is 1.69. The van der Waals surface area contributed by atoms with Crippen molar-refractivity contribution in [3.05, 3.63) is 18.0 Å². The van der Waals surface area contributed by atoms with Gasteiger partial charge in [0.2, 0.25) is 5.95 Å². The summed E-state index contributed by atoms with van der Waals surface area (Å²) in [7, 11) is 1.73. The molecule has 1 saturated heterocycles. The third-order valence-electron chi connectivity index (χ3n) is 4.63. The van der Waals surface area contributed by atoms with Crippen LogP contribution < -0.4 is 10.6 Å². The normalized spacial score (nSPS) is 28.0. The molecule has 110 valence electrons. The van der Waals surface area contributed by atoms with Crippen LogP contribution in [0.4, 0.5) is 5.95 Å². The lowest BCUT2D eigenvalue weighted by molar-refractivity contribution is 0.0726. The number of ether oxygens (including phenoxy) is 1. The second-order valence-corrected chi connectivity index (χ2v) is 5.94. The molecule has 2 heterocycles. The molecule has 2 aliphatic rings. The molecule has 2 N–H and O–H groups in total. The first-order valence-electron chi connectivity index (χ1n) is 7.64. The van der Waals surface area contributed by atoms with Crippen molar-refractivity contribution in [3.63, 3.8) is 0 Å². The standard InChI is InChI=1S/C15H24N4O/c1-20-14-10-19(9-7-12(14)16)15-17-8-6-13(18-15)11-4-2-3-5-11/h6,8,11-12,14H,2-5,7,9-10,16H2,1H3/t12-,14+/m1/s1. The topological polar surface area (TPSA) is 64.3 Å². The maximum Gasteiger partial charge on any atom is 0.225 e. The quantitative estimate of drug-likeness (QED) is 0.910. The largest absolute Gasteiger partial charge is 0.378 e. The summed E-state index contributed by atoms with van der Waals surface area (Å²) in [5.74, 6) is 1.46. The van der Waals surface area contributed by atoms with Gasteiger partial charge in [-0.15, -0.1) is 0 Å². The lowest BCUT2D eigenvalue weighted by atomic mass is 10.0. The maximum absolute atomic E-state index is 6.07. The molecule has 3 rings (SSSR count). The summed E-state index contributed by atoms with van der Waals surface area (Å²) in [6.07, 6.45) is 8.08. The second kappa shape index (κ2) is 6.06. The van der Waals surface area contributed by atoms with Crippen LogP contribution in [0.2, 0.25) is 0 Å². The number of hydrogen-bond donors (Lipinski definition) is 1. The van der Waals surface area contributed by atoms with E-state index < -0.39 is 0 Å². The molecular weight excluding hydrogens is 252 g/mol. The Bertz CT molecular complexity index is 447. The average molecular weight is 276 g/mol. The summed E-state index contributed by atoms with van der Waals surface area (Å²) in [6, 6.07) is 2.19. The first-order valence-corrected chi connectivity index (χ1v) is 7.64. The highest BCUT2D eigenvalue weighted by Crippen LogP contribution is 2.33. The van der Waals surface area contributed by atoms with Gasteiger partial charge in [0.05, 0.1) is 6.10 Å². The van der Waals surface area contributed by atoms with Gasteiger partial charge in [-0.2, -0.15) is 0 Å². The van der Waals surface area contributed by atoms with E-state index >= 15 is 0 Å². The zero-order valence-electron chi connectivity index (χ0n) is 12.2. The number of rotatable bonds is 3. The van der Waals surface area contributed by atoms with Gasteiger partial charge >= 0.3 is 0 Å². The Hall–Kier alpha value is -1.20. The van der Waals surface area contributed by atoms with Gasteiger partial charge in [-0.25, -0.2) is 9.97 Å². The number of piperidine rings is 1. The Labute approximate surface area is 120 Å². The molecule has 0 radical (unpaired) electrons. The fraction of sp³-hybridized carbons (Fsp3) is 0.733. The zero-order valence-corrected chi connectivity index (χ0v) is 12.2. The zero-order chi connectivity index (χ0) is 13.9. The van der Waals surface area contributed by atoms with E-state index in [1.54, 1.807) is 7.11 Å². The minimum atomic E-state index is 0.0717. The molecule has 5 nitrogen and oxygen atoms in total. The van der Waals surface area contributed by atoms with Crippen LogP contribution in [0.3, 0.4) is 0 Å². The number of hydrogen-bond acceptors (Lipinski definition) is 5. The van der Waals surface area contributed by atoms with Crippen molar-refractivity contribution in [2.24, 2.45) is 5.73 Å². The van der Waals surface area contributed by atoms with Gasteiger partial charge in [-0.05, 0) is 25.3 Å². The Morgan fingerprint density at radius 1 is 1.30 bits per heavy atom. The van der Waals surface area contributed by atoms with Crippen LogP contribution in [0.1, 0.15) is 43.7 Å². The molecule has 2 fully saturated rings. The molecule has 1 aliphatic carbocycles. The molecule has 0 aromatic carbocycles. The van der Waals surface area contributed by atoms with Crippen molar-refractivity contribution in [1.29, 1.82) is 0 Å². The molecule has 1 saturated carbocycles. The number of aromatic nitrogens is 2. The summed E-state index contributed by atoms with van der Waals surface area (Å²) >= 11 is 0. The van der Waals surface area contributed by atoms with E-state index in [-0.39, 0.29) is 12.1 Å². The summed E-state index contributed by atoms with van der Waals surface area (Å²) in [6.45, 7) is 1.70. The highest BCUT2D eigenvalue weighted by molar-refractivity contribution is 5.32. The van der Waals surface area contributed by atoms with Crippen LogP contribution >= 0.6 is 0 Å². The van der Waals surface area contributed by atoms with E-state index in [1.165, 1.54) is 31.4 Å². The fourth-order valence-corrected chi connectivity index (χ4v) is 3.33. The molecule has 1 aromatic rings. The molecule has 0 unspecified atom stereocenters. The number of anilines is 1. The monoisotopic (exact) mass is 276 g/mol. The number of nitrogens with two attached hydrogens (primary N) is 1. The lowest BCUT2D eigenvalue weighted by Crippen LogP contribution is -2.52. The van der Waals surface area contributed by atoms with E-state index in [0.717, 1.165) is 25.5 Å². The Balaban J connectivity index is 1.74. The first-order chi connectivity index (χ1) is 9.78. The highest BCUT2D eigenvalue weighted by atomic mass is 16.5. The van der Waals surface area contributed by atoms with Crippen molar-refractivity contribution in [3.8, 4) is 0 Å². The van der Waals surface area contributed by atoms with E-state index in [9.17, 15) is 0 Å². The van der Waals surface area contributed by atoms with Gasteiger partial charge < -0.3 is 15.4 Å².